The Balaban J connectivity index is -0.000000180. The number of carbonyl (C=O) groups is 1. The maximum Gasteiger partial charge on any atom is 1.00 e. The molecule has 0 aromatic rings. The first kappa shape index (κ1) is 16.0. The van der Waals surface area contributed by atoms with Gasteiger partial charge in [-0.3, -0.25) is 4.79 Å². The molecule has 0 spiro atoms. The summed E-state index contributed by atoms with van der Waals surface area (Å²) >= 11 is 0. The number of unbranched alkanes of at least 4 members (excludes halogenated alkanes) is 1. The molecule has 0 unspecified atom stereocenters. The molecular weight excluding hydrogens is 111 g/mol. The van der Waals surface area contributed by atoms with Crippen molar-refractivity contribution in [1.82, 2.24) is 0 Å². The summed E-state index contributed by atoms with van der Waals surface area (Å²) in [5, 5.41) is 8.04. The second-order valence-electron chi connectivity index (χ2n) is 1.50. The van der Waals surface area contributed by atoms with E-state index < -0.39 is 5.97 Å². The second-order valence-corrected chi connectivity index (χ2v) is 1.50. The van der Waals surface area contributed by atoms with Gasteiger partial charge < -0.3 is 12.5 Å². The molecule has 0 amide bonds. The zero-order chi connectivity index (χ0) is 5.70. The van der Waals surface area contributed by atoms with Gasteiger partial charge in [0.1, 0.15) is 0 Å². The SMILES string of the molecule is CCCCC(=O)O.[CH3-].[Li+]. The van der Waals surface area contributed by atoms with Crippen molar-refractivity contribution in [3.8, 4) is 0 Å². The minimum atomic E-state index is -0.693. The molecule has 2 nitrogen and oxygen atoms in total. The van der Waals surface area contributed by atoms with Crippen LogP contribution < -0.4 is 18.9 Å². The van der Waals surface area contributed by atoms with Gasteiger partial charge in [-0.25, -0.2) is 0 Å². The van der Waals surface area contributed by atoms with Crippen molar-refractivity contribution in [2.75, 3.05) is 0 Å². The van der Waals surface area contributed by atoms with E-state index in [-0.39, 0.29) is 26.3 Å². The summed E-state index contributed by atoms with van der Waals surface area (Å²) in [7, 11) is 0. The molecule has 0 aliphatic carbocycles. The Morgan fingerprint density at radius 1 is 1.56 bits per heavy atom. The number of aliphatic carboxylic acids is 1. The van der Waals surface area contributed by atoms with Gasteiger partial charge >= 0.3 is 24.8 Å². The van der Waals surface area contributed by atoms with Gasteiger partial charge in [0.2, 0.25) is 0 Å². The van der Waals surface area contributed by atoms with Crippen molar-refractivity contribution in [3.05, 3.63) is 7.43 Å². The van der Waals surface area contributed by atoms with E-state index in [0.717, 1.165) is 12.8 Å². The molecule has 50 valence electrons. The molecule has 0 aromatic heterocycles. The van der Waals surface area contributed by atoms with Crippen molar-refractivity contribution in [2.45, 2.75) is 26.2 Å². The molecule has 0 saturated heterocycles. The Bertz CT molecular complexity index is 64.1. The zero-order valence-corrected chi connectivity index (χ0v) is 6.48. The fourth-order valence-electron chi connectivity index (χ4n) is 0.328. The van der Waals surface area contributed by atoms with Gasteiger partial charge in [0.05, 0.1) is 0 Å². The van der Waals surface area contributed by atoms with Crippen molar-refractivity contribution in [1.29, 1.82) is 0 Å². The first-order chi connectivity index (χ1) is 3.27. The number of hydrogen-bond donors (Lipinski definition) is 1. The predicted molar refractivity (Wildman–Crippen MR) is 33.6 cm³/mol. The molecule has 0 radical (unpaired) electrons. The third-order valence-corrected chi connectivity index (χ3v) is 0.744. The third-order valence-electron chi connectivity index (χ3n) is 0.744. The Hall–Kier alpha value is 0.0674. The fourth-order valence-corrected chi connectivity index (χ4v) is 0.328. The van der Waals surface area contributed by atoms with Crippen LogP contribution in [0.5, 0.6) is 0 Å². The van der Waals surface area contributed by atoms with Gasteiger partial charge in [0.15, 0.2) is 0 Å². The molecule has 3 heteroatoms. The largest absolute Gasteiger partial charge is 1.00 e. The van der Waals surface area contributed by atoms with Gasteiger partial charge in [0, 0.05) is 6.42 Å². The number of carboxylic acids is 1. The van der Waals surface area contributed by atoms with Crippen LogP contribution in [0.15, 0.2) is 0 Å². The molecular formula is C6H13LiO2. The first-order valence-electron chi connectivity index (χ1n) is 2.49. The predicted octanol–water partition coefficient (Wildman–Crippen LogP) is -1.28. The molecule has 0 fully saturated rings. The molecule has 0 saturated carbocycles. The minimum absolute atomic E-state index is 0. The van der Waals surface area contributed by atoms with Crippen molar-refractivity contribution < 1.29 is 28.8 Å². The zero-order valence-electron chi connectivity index (χ0n) is 6.48. The van der Waals surface area contributed by atoms with Crippen LogP contribution in [-0.2, 0) is 4.79 Å². The monoisotopic (exact) mass is 124 g/mol. The Labute approximate surface area is 68.8 Å². The third kappa shape index (κ3) is 18.0. The van der Waals surface area contributed by atoms with Gasteiger partial charge in [-0.1, -0.05) is 13.3 Å². The topological polar surface area (TPSA) is 37.3 Å². The summed E-state index contributed by atoms with van der Waals surface area (Å²) in [5.41, 5.74) is 0. The van der Waals surface area contributed by atoms with E-state index >= 15 is 0 Å². The molecule has 1 N–H and O–H groups in total. The molecule has 0 atom stereocenters. The minimum Gasteiger partial charge on any atom is -0.481 e. The van der Waals surface area contributed by atoms with Gasteiger partial charge in [-0.2, -0.15) is 0 Å². The van der Waals surface area contributed by atoms with Crippen LogP contribution in [0.2, 0.25) is 0 Å². The maximum absolute atomic E-state index is 9.76. The van der Waals surface area contributed by atoms with Crippen molar-refractivity contribution in [3.63, 3.8) is 0 Å². The first-order valence-corrected chi connectivity index (χ1v) is 2.49. The summed E-state index contributed by atoms with van der Waals surface area (Å²) < 4.78 is 0. The Morgan fingerprint density at radius 3 is 2.11 bits per heavy atom. The fraction of sp³-hybridized carbons (Fsp3) is 0.667. The quantitative estimate of drug-likeness (QED) is 0.375. The average molecular weight is 124 g/mol. The molecule has 0 bridgehead atoms. The van der Waals surface area contributed by atoms with Crippen LogP contribution in [0.4, 0.5) is 0 Å². The van der Waals surface area contributed by atoms with Crippen LogP contribution >= 0.6 is 0 Å². The summed E-state index contributed by atoms with van der Waals surface area (Å²) in [5.74, 6) is -0.693. The van der Waals surface area contributed by atoms with E-state index in [1.165, 1.54) is 0 Å². The molecule has 0 rings (SSSR count). The number of rotatable bonds is 3. The number of hydrogen-bond acceptors (Lipinski definition) is 1. The normalized spacial score (nSPS) is 6.78. The van der Waals surface area contributed by atoms with Crippen LogP contribution in [0.25, 0.3) is 0 Å². The summed E-state index contributed by atoms with van der Waals surface area (Å²) in [4.78, 5) is 9.76. The van der Waals surface area contributed by atoms with Crippen LogP contribution in [0.1, 0.15) is 26.2 Å². The number of carboxylic acid groups (broad SMARTS) is 1. The summed E-state index contributed by atoms with van der Waals surface area (Å²) in [6, 6.07) is 0. The molecule has 9 heavy (non-hydrogen) atoms. The molecule has 0 aromatic carbocycles. The van der Waals surface area contributed by atoms with E-state index in [9.17, 15) is 4.79 Å². The van der Waals surface area contributed by atoms with Gasteiger partial charge in [-0.05, 0) is 6.42 Å². The smallest absolute Gasteiger partial charge is 0.481 e. The van der Waals surface area contributed by atoms with E-state index in [2.05, 4.69) is 0 Å². The van der Waals surface area contributed by atoms with E-state index in [4.69, 9.17) is 5.11 Å². The standard InChI is InChI=1S/C5H10O2.CH3.Li/c1-2-3-4-5(6)7;;/h2-4H2,1H3,(H,6,7);1H3;/q;-1;+1. The van der Waals surface area contributed by atoms with Crippen molar-refractivity contribution >= 4 is 5.97 Å². The van der Waals surface area contributed by atoms with Crippen molar-refractivity contribution in [2.24, 2.45) is 0 Å². The van der Waals surface area contributed by atoms with E-state index in [1.54, 1.807) is 0 Å². The molecule has 0 aliphatic heterocycles. The van der Waals surface area contributed by atoms with Crippen LogP contribution in [-0.4, -0.2) is 11.1 Å². The average Bonchev–Trinajstić information content (AvgIpc) is 1.61. The second kappa shape index (κ2) is 10.9. The van der Waals surface area contributed by atoms with Crippen LogP contribution in [0, 0.1) is 7.43 Å². The molecule has 0 aliphatic rings. The summed E-state index contributed by atoms with van der Waals surface area (Å²) in [6.07, 6.45) is 2.08. The van der Waals surface area contributed by atoms with E-state index in [0.29, 0.717) is 6.42 Å². The Kier molecular flexibility index (Phi) is 19.5. The van der Waals surface area contributed by atoms with E-state index in [1.807, 2.05) is 6.92 Å². The van der Waals surface area contributed by atoms with Gasteiger partial charge in [0.25, 0.3) is 0 Å². The van der Waals surface area contributed by atoms with Gasteiger partial charge in [-0.15, -0.1) is 0 Å². The van der Waals surface area contributed by atoms with Crippen LogP contribution in [0.3, 0.4) is 0 Å². The molecule has 0 heterocycles. The summed E-state index contributed by atoms with van der Waals surface area (Å²) in [6.45, 7) is 1.98. The maximum atomic E-state index is 9.76. The Morgan fingerprint density at radius 2 is 2.00 bits per heavy atom.